The molecule has 2 N–H and O–H groups in total. The van der Waals surface area contributed by atoms with E-state index in [1.54, 1.807) is 10.7 Å². The zero-order chi connectivity index (χ0) is 17.2. The summed E-state index contributed by atoms with van der Waals surface area (Å²) in [5, 5.41) is 19.6. The molecule has 0 unspecified atom stereocenters. The van der Waals surface area contributed by atoms with Crippen LogP contribution < -0.4 is 10.6 Å². The minimum Gasteiger partial charge on any atom is -0.312 e. The first-order valence-corrected chi connectivity index (χ1v) is 8.34. The molecule has 130 valence electrons. The molecule has 0 radical (unpaired) electrons. The van der Waals surface area contributed by atoms with Crippen molar-refractivity contribution in [1.82, 2.24) is 35.2 Å². The molecule has 0 aliphatic carbocycles. The van der Waals surface area contributed by atoms with Gasteiger partial charge < -0.3 is 15.2 Å². The molecule has 7 nitrogen and oxygen atoms in total. The molecule has 0 amide bonds. The highest BCUT2D eigenvalue weighted by Crippen LogP contribution is 2.13. The highest BCUT2D eigenvalue weighted by Gasteiger charge is 2.15. The van der Waals surface area contributed by atoms with Gasteiger partial charge in [0, 0.05) is 31.4 Å². The first-order valence-electron chi connectivity index (χ1n) is 8.34. The summed E-state index contributed by atoms with van der Waals surface area (Å²) in [5.74, 6) is 1.67. The molecule has 1 aromatic carbocycles. The van der Waals surface area contributed by atoms with Crippen molar-refractivity contribution in [2.24, 2.45) is 0 Å². The quantitative estimate of drug-likeness (QED) is 0.732. The third-order valence-electron chi connectivity index (χ3n) is 4.37. The van der Waals surface area contributed by atoms with Crippen molar-refractivity contribution in [2.75, 3.05) is 6.54 Å². The molecular formula is C17H20FN7. The van der Waals surface area contributed by atoms with Gasteiger partial charge in [-0.3, -0.25) is 0 Å². The second-order valence-electron chi connectivity index (χ2n) is 6.13. The molecule has 0 saturated carbocycles. The second kappa shape index (κ2) is 6.73. The Kier molecular flexibility index (Phi) is 4.29. The van der Waals surface area contributed by atoms with Crippen molar-refractivity contribution in [2.45, 2.75) is 33.1 Å². The standard InChI is InChI=1S/C17H20FN7/c1-12-13(11-25(23-12)15-4-2-3-14(18)7-15)8-20-10-17-22-21-16-9-19-5-6-24(16)17/h2-4,7,11,19-20H,5-6,8-10H2,1H3. The lowest BCUT2D eigenvalue weighted by molar-refractivity contribution is 0.485. The van der Waals surface area contributed by atoms with Gasteiger partial charge in [-0.25, -0.2) is 9.07 Å². The Morgan fingerprint density at radius 3 is 3.08 bits per heavy atom. The number of hydrogen-bond donors (Lipinski definition) is 2. The highest BCUT2D eigenvalue weighted by molar-refractivity contribution is 5.33. The van der Waals surface area contributed by atoms with Crippen molar-refractivity contribution in [3.63, 3.8) is 0 Å². The number of nitrogens with one attached hydrogen (secondary N) is 2. The molecule has 3 aromatic rings. The van der Waals surface area contributed by atoms with Gasteiger partial charge in [-0.2, -0.15) is 5.10 Å². The van der Waals surface area contributed by atoms with E-state index < -0.39 is 0 Å². The van der Waals surface area contributed by atoms with E-state index in [9.17, 15) is 4.39 Å². The number of hydrogen-bond acceptors (Lipinski definition) is 5. The Balaban J connectivity index is 1.43. The van der Waals surface area contributed by atoms with Crippen LogP contribution in [0.15, 0.2) is 30.5 Å². The molecule has 0 fully saturated rings. The first-order chi connectivity index (χ1) is 12.2. The van der Waals surface area contributed by atoms with Gasteiger partial charge in [-0.15, -0.1) is 10.2 Å². The van der Waals surface area contributed by atoms with Crippen LogP contribution in [0, 0.1) is 12.7 Å². The number of aryl methyl sites for hydroxylation is 1. The average molecular weight is 341 g/mol. The smallest absolute Gasteiger partial charge is 0.147 e. The summed E-state index contributed by atoms with van der Waals surface area (Å²) in [6.07, 6.45) is 1.93. The zero-order valence-corrected chi connectivity index (χ0v) is 14.0. The van der Waals surface area contributed by atoms with E-state index in [1.807, 2.05) is 19.2 Å². The Morgan fingerprint density at radius 1 is 1.28 bits per heavy atom. The van der Waals surface area contributed by atoms with E-state index in [0.717, 1.165) is 42.5 Å². The van der Waals surface area contributed by atoms with Crippen LogP contribution in [0.3, 0.4) is 0 Å². The molecule has 1 aliphatic rings. The monoisotopic (exact) mass is 341 g/mol. The van der Waals surface area contributed by atoms with Crippen LogP contribution in [0.4, 0.5) is 4.39 Å². The lowest BCUT2D eigenvalue weighted by Gasteiger charge is -2.16. The molecule has 2 aromatic heterocycles. The first kappa shape index (κ1) is 15.9. The maximum absolute atomic E-state index is 13.4. The van der Waals surface area contributed by atoms with Crippen molar-refractivity contribution >= 4 is 0 Å². The fourth-order valence-corrected chi connectivity index (χ4v) is 3.01. The van der Waals surface area contributed by atoms with Gasteiger partial charge in [0.15, 0.2) is 0 Å². The molecule has 0 spiro atoms. The minimum atomic E-state index is -0.267. The van der Waals surface area contributed by atoms with Crippen molar-refractivity contribution < 1.29 is 4.39 Å². The largest absolute Gasteiger partial charge is 0.312 e. The lowest BCUT2D eigenvalue weighted by Crippen LogP contribution is -2.30. The Labute approximate surface area is 144 Å². The van der Waals surface area contributed by atoms with Crippen LogP contribution in [-0.4, -0.2) is 31.1 Å². The topological polar surface area (TPSA) is 72.6 Å². The minimum absolute atomic E-state index is 0.267. The third-order valence-corrected chi connectivity index (χ3v) is 4.37. The SMILES string of the molecule is Cc1nn(-c2cccc(F)c2)cc1CNCc1nnc2n1CCNC2. The van der Waals surface area contributed by atoms with Crippen molar-refractivity contribution in [3.8, 4) is 5.69 Å². The van der Waals surface area contributed by atoms with E-state index in [0.29, 0.717) is 18.8 Å². The predicted molar refractivity (Wildman–Crippen MR) is 90.5 cm³/mol. The Bertz CT molecular complexity index is 883. The number of aromatic nitrogens is 5. The number of nitrogens with zero attached hydrogens (tertiary/aromatic N) is 5. The summed E-state index contributed by atoms with van der Waals surface area (Å²) < 4.78 is 17.3. The lowest BCUT2D eigenvalue weighted by atomic mass is 10.2. The summed E-state index contributed by atoms with van der Waals surface area (Å²) in [7, 11) is 0. The van der Waals surface area contributed by atoms with Crippen LogP contribution in [0.1, 0.15) is 22.9 Å². The fourth-order valence-electron chi connectivity index (χ4n) is 3.01. The molecule has 1 aliphatic heterocycles. The fraction of sp³-hybridized carbons (Fsp3) is 0.353. The van der Waals surface area contributed by atoms with Gasteiger partial charge in [0.05, 0.1) is 24.5 Å². The van der Waals surface area contributed by atoms with Crippen molar-refractivity contribution in [3.05, 3.63) is 59.2 Å². The molecule has 25 heavy (non-hydrogen) atoms. The van der Waals surface area contributed by atoms with Gasteiger partial charge in [0.2, 0.25) is 0 Å². The van der Waals surface area contributed by atoms with Gasteiger partial charge >= 0.3 is 0 Å². The van der Waals surface area contributed by atoms with Crippen molar-refractivity contribution in [1.29, 1.82) is 0 Å². The van der Waals surface area contributed by atoms with E-state index in [-0.39, 0.29) is 5.82 Å². The normalized spacial score (nSPS) is 13.8. The molecule has 0 bridgehead atoms. The highest BCUT2D eigenvalue weighted by atomic mass is 19.1. The van der Waals surface area contributed by atoms with E-state index >= 15 is 0 Å². The molecule has 0 atom stereocenters. The number of halogens is 1. The maximum Gasteiger partial charge on any atom is 0.147 e. The number of fused-ring (bicyclic) bond motifs is 1. The van der Waals surface area contributed by atoms with E-state index in [1.165, 1.54) is 12.1 Å². The van der Waals surface area contributed by atoms with Crippen LogP contribution in [-0.2, 0) is 26.2 Å². The van der Waals surface area contributed by atoms with E-state index in [4.69, 9.17) is 0 Å². The average Bonchev–Trinajstić information content (AvgIpc) is 3.19. The van der Waals surface area contributed by atoms with Gasteiger partial charge in [-0.05, 0) is 25.1 Å². The summed E-state index contributed by atoms with van der Waals surface area (Å²) in [4.78, 5) is 0. The van der Waals surface area contributed by atoms with Crippen LogP contribution in [0.5, 0.6) is 0 Å². The molecule has 8 heteroatoms. The maximum atomic E-state index is 13.4. The molecule has 3 heterocycles. The number of benzene rings is 1. The van der Waals surface area contributed by atoms with Crippen LogP contribution >= 0.6 is 0 Å². The van der Waals surface area contributed by atoms with Crippen LogP contribution in [0.25, 0.3) is 5.69 Å². The zero-order valence-electron chi connectivity index (χ0n) is 14.0. The molecule has 4 rings (SSSR count). The summed E-state index contributed by atoms with van der Waals surface area (Å²) in [6.45, 7) is 5.89. The van der Waals surface area contributed by atoms with E-state index in [2.05, 4.69) is 30.5 Å². The second-order valence-corrected chi connectivity index (χ2v) is 6.13. The Hall–Kier alpha value is -2.58. The summed E-state index contributed by atoms with van der Waals surface area (Å²) in [6, 6.07) is 6.42. The molecule has 0 saturated heterocycles. The summed E-state index contributed by atoms with van der Waals surface area (Å²) in [5.41, 5.74) is 2.71. The molecular weight excluding hydrogens is 321 g/mol. The van der Waals surface area contributed by atoms with Crippen LogP contribution in [0.2, 0.25) is 0 Å². The summed E-state index contributed by atoms with van der Waals surface area (Å²) >= 11 is 0. The Morgan fingerprint density at radius 2 is 2.20 bits per heavy atom. The number of rotatable bonds is 5. The van der Waals surface area contributed by atoms with Gasteiger partial charge in [0.25, 0.3) is 0 Å². The van der Waals surface area contributed by atoms with Gasteiger partial charge in [0.1, 0.15) is 17.5 Å². The third kappa shape index (κ3) is 3.31. The van der Waals surface area contributed by atoms with Gasteiger partial charge in [-0.1, -0.05) is 6.07 Å². The predicted octanol–water partition coefficient (Wildman–Crippen LogP) is 1.30.